The van der Waals surface area contributed by atoms with Crippen LogP contribution in [0.5, 0.6) is 5.75 Å². The lowest BCUT2D eigenvalue weighted by atomic mass is 10.1. The fraction of sp³-hybridized carbons (Fsp3) is 0.667. The summed E-state index contributed by atoms with van der Waals surface area (Å²) in [6.45, 7) is 14.0. The molecule has 5 rings (SSSR count). The number of aliphatic imine (C=N–C) groups is 1. The SMILES string of the molecule is CCNC(=NCC1CN2CCN1CC2)N1CCN(c2ccc(OC)cc2)CC1.I. The van der Waals surface area contributed by atoms with E-state index in [0.717, 1.165) is 51.0 Å². The third-order valence-corrected chi connectivity index (χ3v) is 6.20. The fourth-order valence-corrected chi connectivity index (χ4v) is 4.48. The molecule has 0 spiro atoms. The summed E-state index contributed by atoms with van der Waals surface area (Å²) in [5, 5.41) is 3.51. The molecule has 2 bridgehead atoms. The summed E-state index contributed by atoms with van der Waals surface area (Å²) >= 11 is 0. The molecule has 1 unspecified atom stereocenters. The van der Waals surface area contributed by atoms with Crippen molar-refractivity contribution < 1.29 is 4.74 Å². The minimum atomic E-state index is 0. The molecule has 4 heterocycles. The Hall–Kier alpha value is -1.26. The quantitative estimate of drug-likeness (QED) is 0.365. The molecule has 162 valence electrons. The second-order valence-electron chi connectivity index (χ2n) is 7.86. The Labute approximate surface area is 192 Å². The van der Waals surface area contributed by atoms with Crippen molar-refractivity contribution in [3.8, 4) is 5.75 Å². The van der Waals surface area contributed by atoms with Gasteiger partial charge in [-0.3, -0.25) is 14.8 Å². The van der Waals surface area contributed by atoms with Gasteiger partial charge in [-0.25, -0.2) is 0 Å². The molecule has 0 amide bonds. The van der Waals surface area contributed by atoms with Crippen LogP contribution in [0.4, 0.5) is 5.69 Å². The number of piperazine rings is 4. The zero-order valence-corrected chi connectivity index (χ0v) is 20.0. The van der Waals surface area contributed by atoms with Crippen molar-refractivity contribution in [1.82, 2.24) is 20.0 Å². The monoisotopic (exact) mass is 514 g/mol. The number of hydrogen-bond donors (Lipinski definition) is 1. The summed E-state index contributed by atoms with van der Waals surface area (Å²) in [7, 11) is 1.71. The third-order valence-electron chi connectivity index (χ3n) is 6.20. The first-order chi connectivity index (χ1) is 13.8. The van der Waals surface area contributed by atoms with E-state index >= 15 is 0 Å². The molecule has 1 N–H and O–H groups in total. The zero-order valence-electron chi connectivity index (χ0n) is 17.7. The van der Waals surface area contributed by atoms with E-state index in [1.807, 2.05) is 12.1 Å². The first-order valence-corrected chi connectivity index (χ1v) is 10.7. The van der Waals surface area contributed by atoms with Crippen molar-refractivity contribution in [2.24, 2.45) is 4.99 Å². The van der Waals surface area contributed by atoms with Crippen LogP contribution in [-0.2, 0) is 0 Å². The topological polar surface area (TPSA) is 46.6 Å². The summed E-state index contributed by atoms with van der Waals surface area (Å²) in [6.07, 6.45) is 0. The van der Waals surface area contributed by atoms with Crippen molar-refractivity contribution >= 4 is 35.6 Å². The standard InChI is InChI=1S/C21H34N6O.HI/c1-3-22-21(23-16-19-17-24-8-10-26(19)11-9-24)27-14-12-25(13-15-27)18-4-6-20(28-2)7-5-18;/h4-7,19H,3,8-17H2,1-2H3,(H,22,23);1H. The number of halogens is 1. The molecule has 1 aromatic rings. The summed E-state index contributed by atoms with van der Waals surface area (Å²) in [4.78, 5) is 15.1. The number of ether oxygens (including phenoxy) is 1. The molecule has 4 aliphatic rings. The number of benzene rings is 1. The summed E-state index contributed by atoms with van der Waals surface area (Å²) < 4.78 is 5.27. The Balaban J connectivity index is 0.00000240. The molecule has 4 aliphatic heterocycles. The lowest BCUT2D eigenvalue weighted by molar-refractivity contribution is 0.0173. The predicted octanol–water partition coefficient (Wildman–Crippen LogP) is 1.40. The number of methoxy groups -OCH3 is 1. The smallest absolute Gasteiger partial charge is 0.194 e. The number of nitrogens with one attached hydrogen (secondary N) is 1. The largest absolute Gasteiger partial charge is 0.497 e. The molecule has 29 heavy (non-hydrogen) atoms. The van der Waals surface area contributed by atoms with E-state index in [0.29, 0.717) is 6.04 Å². The van der Waals surface area contributed by atoms with Gasteiger partial charge in [0.2, 0.25) is 0 Å². The van der Waals surface area contributed by atoms with Crippen molar-refractivity contribution in [2.45, 2.75) is 13.0 Å². The summed E-state index contributed by atoms with van der Waals surface area (Å²) in [5.74, 6) is 1.99. The number of guanidine groups is 1. The average Bonchev–Trinajstić information content (AvgIpc) is 2.78. The van der Waals surface area contributed by atoms with E-state index in [1.165, 1.54) is 38.4 Å². The Morgan fingerprint density at radius 2 is 1.72 bits per heavy atom. The molecule has 7 nitrogen and oxygen atoms in total. The maximum absolute atomic E-state index is 5.27. The first-order valence-electron chi connectivity index (χ1n) is 10.7. The zero-order chi connectivity index (χ0) is 19.3. The molecule has 0 saturated carbocycles. The highest BCUT2D eigenvalue weighted by atomic mass is 127. The second kappa shape index (κ2) is 10.7. The second-order valence-corrected chi connectivity index (χ2v) is 7.86. The normalized spacial score (nSPS) is 26.8. The van der Waals surface area contributed by atoms with E-state index in [-0.39, 0.29) is 24.0 Å². The van der Waals surface area contributed by atoms with E-state index in [4.69, 9.17) is 9.73 Å². The van der Waals surface area contributed by atoms with E-state index in [2.05, 4.69) is 44.0 Å². The predicted molar refractivity (Wildman–Crippen MR) is 130 cm³/mol. The molecule has 0 aliphatic carbocycles. The minimum absolute atomic E-state index is 0. The van der Waals surface area contributed by atoms with Crippen LogP contribution in [0.1, 0.15) is 6.92 Å². The molecule has 1 aromatic carbocycles. The number of anilines is 1. The van der Waals surface area contributed by atoms with Gasteiger partial charge in [-0.15, -0.1) is 24.0 Å². The van der Waals surface area contributed by atoms with Crippen LogP contribution in [0.25, 0.3) is 0 Å². The maximum atomic E-state index is 5.27. The van der Waals surface area contributed by atoms with Crippen LogP contribution >= 0.6 is 24.0 Å². The van der Waals surface area contributed by atoms with Crippen molar-refractivity contribution in [3.63, 3.8) is 0 Å². The van der Waals surface area contributed by atoms with Crippen LogP contribution in [-0.4, -0.2) is 106 Å². The molecule has 4 saturated heterocycles. The van der Waals surface area contributed by atoms with Gasteiger partial charge < -0.3 is 19.9 Å². The van der Waals surface area contributed by atoms with Crippen LogP contribution in [0, 0.1) is 0 Å². The van der Waals surface area contributed by atoms with Crippen LogP contribution in [0.15, 0.2) is 29.3 Å². The van der Waals surface area contributed by atoms with E-state index in [9.17, 15) is 0 Å². The Kier molecular flexibility index (Phi) is 8.25. The maximum Gasteiger partial charge on any atom is 0.194 e. The fourth-order valence-electron chi connectivity index (χ4n) is 4.48. The highest BCUT2D eigenvalue weighted by Crippen LogP contribution is 2.21. The third kappa shape index (κ3) is 5.46. The number of fused-ring (bicyclic) bond motifs is 3. The van der Waals surface area contributed by atoms with Crippen molar-refractivity contribution in [1.29, 1.82) is 0 Å². The number of rotatable bonds is 5. The van der Waals surface area contributed by atoms with E-state index < -0.39 is 0 Å². The number of hydrogen-bond acceptors (Lipinski definition) is 5. The van der Waals surface area contributed by atoms with Gasteiger partial charge >= 0.3 is 0 Å². The van der Waals surface area contributed by atoms with Gasteiger partial charge in [0.1, 0.15) is 5.75 Å². The van der Waals surface area contributed by atoms with Crippen molar-refractivity contribution in [2.75, 3.05) is 84.0 Å². The van der Waals surface area contributed by atoms with Crippen molar-refractivity contribution in [3.05, 3.63) is 24.3 Å². The first kappa shape index (κ1) is 22.4. The highest BCUT2D eigenvalue weighted by Gasteiger charge is 2.31. The number of nitrogens with zero attached hydrogens (tertiary/aromatic N) is 5. The summed E-state index contributed by atoms with van der Waals surface area (Å²) in [6, 6.07) is 8.95. The lowest BCUT2D eigenvalue weighted by Crippen LogP contribution is -2.62. The van der Waals surface area contributed by atoms with Crippen LogP contribution in [0.2, 0.25) is 0 Å². The Bertz CT molecular complexity index is 654. The molecular weight excluding hydrogens is 479 g/mol. The van der Waals surface area contributed by atoms with E-state index in [1.54, 1.807) is 7.11 Å². The minimum Gasteiger partial charge on any atom is -0.497 e. The van der Waals surface area contributed by atoms with Gasteiger partial charge in [-0.05, 0) is 31.2 Å². The van der Waals surface area contributed by atoms with Gasteiger partial charge in [-0.1, -0.05) is 0 Å². The van der Waals surface area contributed by atoms with Gasteiger partial charge in [0, 0.05) is 77.2 Å². The Morgan fingerprint density at radius 1 is 1.03 bits per heavy atom. The van der Waals surface area contributed by atoms with Gasteiger partial charge in [-0.2, -0.15) is 0 Å². The van der Waals surface area contributed by atoms with Gasteiger partial charge in [0.25, 0.3) is 0 Å². The van der Waals surface area contributed by atoms with Crippen LogP contribution in [0.3, 0.4) is 0 Å². The molecule has 4 fully saturated rings. The van der Waals surface area contributed by atoms with Gasteiger partial charge in [0.05, 0.1) is 13.7 Å². The molecule has 0 aromatic heterocycles. The molecule has 0 radical (unpaired) electrons. The highest BCUT2D eigenvalue weighted by molar-refractivity contribution is 14.0. The van der Waals surface area contributed by atoms with Gasteiger partial charge in [0.15, 0.2) is 5.96 Å². The average molecular weight is 514 g/mol. The lowest BCUT2D eigenvalue weighted by Gasteiger charge is -2.47. The summed E-state index contributed by atoms with van der Waals surface area (Å²) in [5.41, 5.74) is 1.27. The van der Waals surface area contributed by atoms with Crippen LogP contribution < -0.4 is 15.0 Å². The molecule has 1 atom stereocenters. The molecular formula is C21H35IN6O. The Morgan fingerprint density at radius 3 is 2.28 bits per heavy atom. The molecule has 8 heteroatoms.